The Hall–Kier alpha value is -2.73. The second kappa shape index (κ2) is 7.88. The highest BCUT2D eigenvalue weighted by Crippen LogP contribution is 2.17. The minimum absolute atomic E-state index is 0.0455. The molecule has 2 rings (SSSR count). The number of rotatable bonds is 6. The molecule has 8 nitrogen and oxygen atoms in total. The maximum atomic E-state index is 12.2. The van der Waals surface area contributed by atoms with Gasteiger partial charge in [-0.25, -0.2) is 13.1 Å². The molecule has 1 amide bonds. The lowest BCUT2D eigenvalue weighted by Gasteiger charge is -2.11. The van der Waals surface area contributed by atoms with Crippen LogP contribution in [0.3, 0.4) is 0 Å². The molecule has 0 bridgehead atoms. The molecular formula is C15H16F3N5O3S. The zero-order chi connectivity index (χ0) is 20.2. The van der Waals surface area contributed by atoms with E-state index < -0.39 is 28.7 Å². The van der Waals surface area contributed by atoms with Crippen molar-refractivity contribution in [1.29, 1.82) is 0 Å². The van der Waals surface area contributed by atoms with Crippen LogP contribution in [0, 0.1) is 0 Å². The lowest BCUT2D eigenvalue weighted by Crippen LogP contribution is -2.33. The summed E-state index contributed by atoms with van der Waals surface area (Å²) in [4.78, 5) is 13.5. The van der Waals surface area contributed by atoms with Crippen LogP contribution in [0.5, 0.6) is 0 Å². The fourth-order valence-corrected chi connectivity index (χ4v) is 2.87. The second-order valence-corrected chi connectivity index (χ2v) is 7.36. The molecule has 27 heavy (non-hydrogen) atoms. The second-order valence-electron chi connectivity index (χ2n) is 5.59. The molecule has 2 aromatic rings. The van der Waals surface area contributed by atoms with Crippen molar-refractivity contribution in [2.45, 2.75) is 11.1 Å². The van der Waals surface area contributed by atoms with E-state index in [0.717, 1.165) is 12.1 Å². The number of alkyl halides is 3. The lowest BCUT2D eigenvalue weighted by atomic mass is 10.3. The van der Waals surface area contributed by atoms with E-state index >= 15 is 0 Å². The number of halogens is 3. The molecule has 0 aliphatic heterocycles. The predicted molar refractivity (Wildman–Crippen MR) is 92.0 cm³/mol. The largest absolute Gasteiger partial charge is 0.402 e. The normalized spacial score (nSPS) is 11.9. The molecule has 0 saturated carbocycles. The van der Waals surface area contributed by atoms with Crippen LogP contribution in [0.25, 0.3) is 0 Å². The Morgan fingerprint density at radius 1 is 1.07 bits per heavy atom. The zero-order valence-corrected chi connectivity index (χ0v) is 15.1. The van der Waals surface area contributed by atoms with Crippen molar-refractivity contribution in [3.63, 3.8) is 0 Å². The number of amides is 1. The molecule has 1 heterocycles. The molecule has 12 heteroatoms. The minimum atomic E-state index is -4.66. The summed E-state index contributed by atoms with van der Waals surface area (Å²) in [5.41, 5.74) is 0.289. The molecule has 0 spiro atoms. The van der Waals surface area contributed by atoms with Crippen LogP contribution in [0.1, 0.15) is 10.5 Å². The molecule has 1 aromatic heterocycles. The van der Waals surface area contributed by atoms with Crippen LogP contribution in [0.15, 0.2) is 41.3 Å². The van der Waals surface area contributed by atoms with Gasteiger partial charge in [0.2, 0.25) is 10.0 Å². The van der Waals surface area contributed by atoms with E-state index in [2.05, 4.69) is 15.5 Å². The number of hydrogen-bond donors (Lipinski definition) is 2. The van der Waals surface area contributed by atoms with Gasteiger partial charge in [0.15, 0.2) is 11.5 Å². The van der Waals surface area contributed by atoms with Crippen molar-refractivity contribution in [2.75, 3.05) is 30.9 Å². The lowest BCUT2D eigenvalue weighted by molar-refractivity contribution is -0.121. The Balaban J connectivity index is 2.05. The third-order valence-corrected chi connectivity index (χ3v) is 4.64. The van der Waals surface area contributed by atoms with Crippen molar-refractivity contribution >= 4 is 27.4 Å². The molecular weight excluding hydrogens is 387 g/mol. The van der Waals surface area contributed by atoms with Crippen LogP contribution in [-0.2, 0) is 10.0 Å². The number of anilines is 2. The fourth-order valence-electron chi connectivity index (χ4n) is 1.86. The van der Waals surface area contributed by atoms with Gasteiger partial charge in [0.1, 0.15) is 6.54 Å². The first-order chi connectivity index (χ1) is 12.5. The monoisotopic (exact) mass is 403 g/mol. The van der Waals surface area contributed by atoms with Gasteiger partial charge in [0, 0.05) is 19.8 Å². The van der Waals surface area contributed by atoms with Crippen molar-refractivity contribution in [3.05, 3.63) is 42.1 Å². The maximum absolute atomic E-state index is 12.2. The molecule has 0 radical (unpaired) electrons. The van der Waals surface area contributed by atoms with Crippen LogP contribution < -0.4 is 14.9 Å². The quantitative estimate of drug-likeness (QED) is 0.760. The van der Waals surface area contributed by atoms with E-state index in [4.69, 9.17) is 0 Å². The zero-order valence-electron chi connectivity index (χ0n) is 14.3. The van der Waals surface area contributed by atoms with Gasteiger partial charge in [-0.3, -0.25) is 4.79 Å². The van der Waals surface area contributed by atoms with Crippen LogP contribution in [-0.4, -0.2) is 51.3 Å². The molecule has 0 atom stereocenters. The fraction of sp³-hybridized carbons (Fsp3) is 0.267. The summed E-state index contributed by atoms with van der Waals surface area (Å²) in [7, 11) is -0.780. The van der Waals surface area contributed by atoms with Crippen molar-refractivity contribution < 1.29 is 26.4 Å². The number of benzene rings is 1. The van der Waals surface area contributed by atoms with Gasteiger partial charge < -0.3 is 10.2 Å². The Labute approximate surface area is 153 Å². The van der Waals surface area contributed by atoms with Gasteiger partial charge in [0.05, 0.1) is 4.90 Å². The Morgan fingerprint density at radius 3 is 2.19 bits per heavy atom. The first-order valence-electron chi connectivity index (χ1n) is 7.47. The summed E-state index contributed by atoms with van der Waals surface area (Å²) in [5, 5.41) is 10.1. The van der Waals surface area contributed by atoms with E-state index in [9.17, 15) is 26.4 Å². The minimum Gasteiger partial charge on any atom is -0.361 e. The summed E-state index contributed by atoms with van der Waals surface area (Å²) in [5.74, 6) is -0.00826. The Bertz CT molecular complexity index is 898. The van der Waals surface area contributed by atoms with E-state index in [1.807, 2.05) is 0 Å². The average molecular weight is 403 g/mol. The number of aromatic nitrogens is 2. The van der Waals surface area contributed by atoms with Gasteiger partial charge in [0.25, 0.3) is 5.91 Å². The van der Waals surface area contributed by atoms with Gasteiger partial charge >= 0.3 is 6.18 Å². The SMILES string of the molecule is CN(C)c1ccc(C(=O)Nc2ccc(S(=O)(=O)NCC(F)(F)F)cc2)nn1. The van der Waals surface area contributed by atoms with Gasteiger partial charge in [-0.15, -0.1) is 10.2 Å². The summed E-state index contributed by atoms with van der Waals surface area (Å²) in [6.07, 6.45) is -4.66. The van der Waals surface area contributed by atoms with Crippen LogP contribution >= 0.6 is 0 Å². The standard InChI is InChI=1S/C15H16F3N5O3S/c1-23(2)13-8-7-12(21-22-13)14(24)20-10-3-5-11(6-4-10)27(25,26)19-9-15(16,17)18/h3-8,19H,9H2,1-2H3,(H,20,24). The van der Waals surface area contributed by atoms with E-state index in [-0.39, 0.29) is 16.3 Å². The average Bonchev–Trinajstić information content (AvgIpc) is 2.60. The topological polar surface area (TPSA) is 104 Å². The molecule has 146 valence electrons. The van der Waals surface area contributed by atoms with Gasteiger partial charge in [-0.2, -0.15) is 13.2 Å². The predicted octanol–water partition coefficient (Wildman–Crippen LogP) is 1.64. The van der Waals surface area contributed by atoms with E-state index in [1.165, 1.54) is 22.9 Å². The molecule has 1 aromatic carbocycles. The van der Waals surface area contributed by atoms with E-state index in [0.29, 0.717) is 5.82 Å². The van der Waals surface area contributed by atoms with Crippen molar-refractivity contribution in [1.82, 2.24) is 14.9 Å². The summed E-state index contributed by atoms with van der Waals surface area (Å²) in [6.45, 7) is -1.67. The molecule has 0 fully saturated rings. The van der Waals surface area contributed by atoms with Crippen LogP contribution in [0.2, 0.25) is 0 Å². The van der Waals surface area contributed by atoms with Gasteiger partial charge in [-0.05, 0) is 36.4 Å². The first kappa shape index (κ1) is 20.6. The molecule has 0 aliphatic carbocycles. The molecule has 0 aliphatic rings. The van der Waals surface area contributed by atoms with E-state index in [1.54, 1.807) is 25.1 Å². The highest BCUT2D eigenvalue weighted by atomic mass is 32.2. The number of sulfonamides is 1. The highest BCUT2D eigenvalue weighted by Gasteiger charge is 2.30. The third kappa shape index (κ3) is 5.89. The van der Waals surface area contributed by atoms with Gasteiger partial charge in [-0.1, -0.05) is 0 Å². The van der Waals surface area contributed by atoms with Crippen LogP contribution in [0.4, 0.5) is 24.7 Å². The van der Waals surface area contributed by atoms with Crippen molar-refractivity contribution in [3.8, 4) is 0 Å². The molecule has 0 saturated heterocycles. The number of nitrogens with one attached hydrogen (secondary N) is 2. The Kier molecular flexibility index (Phi) is 6.01. The highest BCUT2D eigenvalue weighted by molar-refractivity contribution is 7.89. The number of nitrogens with zero attached hydrogens (tertiary/aromatic N) is 3. The maximum Gasteiger partial charge on any atom is 0.402 e. The summed E-state index contributed by atoms with van der Waals surface area (Å²) >= 11 is 0. The van der Waals surface area contributed by atoms with Crippen molar-refractivity contribution in [2.24, 2.45) is 0 Å². The summed E-state index contributed by atoms with van der Waals surface area (Å²) < 4.78 is 61.5. The summed E-state index contributed by atoms with van der Waals surface area (Å²) in [6, 6.07) is 7.73. The molecule has 0 unspecified atom stereocenters. The smallest absolute Gasteiger partial charge is 0.361 e. The third-order valence-electron chi connectivity index (χ3n) is 3.23. The number of carbonyl (C=O) groups excluding carboxylic acids is 1. The molecule has 2 N–H and O–H groups in total. The number of carbonyl (C=O) groups is 1. The number of hydrogen-bond acceptors (Lipinski definition) is 6. The Morgan fingerprint density at radius 2 is 1.70 bits per heavy atom. The first-order valence-corrected chi connectivity index (χ1v) is 8.95.